The molecule has 0 atom stereocenters. The summed E-state index contributed by atoms with van der Waals surface area (Å²) >= 11 is 0. The van der Waals surface area contributed by atoms with Crippen molar-refractivity contribution < 1.29 is 17.9 Å². The van der Waals surface area contributed by atoms with Crippen LogP contribution >= 0.6 is 0 Å². The quantitative estimate of drug-likeness (QED) is 0.528. The van der Waals surface area contributed by atoms with Crippen LogP contribution in [0.15, 0.2) is 77.7 Å². The van der Waals surface area contributed by atoms with E-state index in [1.807, 2.05) is 55.5 Å². The number of hydrogen-bond donors (Lipinski definition) is 0. The fourth-order valence-electron chi connectivity index (χ4n) is 4.24. The molecule has 178 valence electrons. The van der Waals surface area contributed by atoms with Gasteiger partial charge in [-0.05, 0) is 49.2 Å². The van der Waals surface area contributed by atoms with Crippen LogP contribution in [0.25, 0.3) is 0 Å². The molecular formula is C27H30N2O4S. The highest BCUT2D eigenvalue weighted by molar-refractivity contribution is 7.90. The van der Waals surface area contributed by atoms with Gasteiger partial charge in [-0.15, -0.1) is 0 Å². The number of ether oxygens (including phenoxy) is 1. The van der Waals surface area contributed by atoms with E-state index in [0.29, 0.717) is 25.2 Å². The van der Waals surface area contributed by atoms with Crippen molar-refractivity contribution in [1.29, 1.82) is 0 Å². The Kier molecular flexibility index (Phi) is 7.22. The van der Waals surface area contributed by atoms with E-state index in [0.717, 1.165) is 35.5 Å². The van der Waals surface area contributed by atoms with Crippen molar-refractivity contribution in [2.75, 3.05) is 38.2 Å². The molecule has 0 N–H and O–H groups in total. The summed E-state index contributed by atoms with van der Waals surface area (Å²) in [4.78, 5) is 17.5. The van der Waals surface area contributed by atoms with Crippen LogP contribution in [0.2, 0.25) is 0 Å². The summed E-state index contributed by atoms with van der Waals surface area (Å²) in [7, 11) is -1.91. The third-order valence-electron chi connectivity index (χ3n) is 6.13. The van der Waals surface area contributed by atoms with Gasteiger partial charge in [-0.25, -0.2) is 8.42 Å². The van der Waals surface area contributed by atoms with E-state index >= 15 is 0 Å². The third kappa shape index (κ3) is 5.42. The molecule has 4 rings (SSSR count). The number of carbonyl (C=O) groups is 1. The number of hydrogen-bond acceptors (Lipinski definition) is 5. The minimum absolute atomic E-state index is 0.0947. The third-order valence-corrected chi connectivity index (χ3v) is 7.81. The van der Waals surface area contributed by atoms with Crippen LogP contribution in [0.5, 0.6) is 5.75 Å². The number of benzene rings is 3. The highest BCUT2D eigenvalue weighted by Crippen LogP contribution is 2.28. The predicted octanol–water partition coefficient (Wildman–Crippen LogP) is 4.33. The number of aryl methyl sites for hydroxylation is 1. The molecule has 0 unspecified atom stereocenters. The zero-order chi connectivity index (χ0) is 24.1. The largest absolute Gasteiger partial charge is 0.495 e. The zero-order valence-electron chi connectivity index (χ0n) is 19.6. The van der Waals surface area contributed by atoms with E-state index in [1.54, 1.807) is 30.2 Å². The van der Waals surface area contributed by atoms with Crippen molar-refractivity contribution in [3.8, 4) is 5.75 Å². The van der Waals surface area contributed by atoms with Crippen molar-refractivity contribution in [3.63, 3.8) is 0 Å². The van der Waals surface area contributed by atoms with Gasteiger partial charge in [0.1, 0.15) is 5.75 Å². The summed E-state index contributed by atoms with van der Waals surface area (Å²) in [5, 5.41) is 0. The van der Waals surface area contributed by atoms with E-state index in [2.05, 4.69) is 4.90 Å². The molecule has 3 aromatic carbocycles. The maximum Gasteiger partial charge on any atom is 0.253 e. The molecular weight excluding hydrogens is 448 g/mol. The lowest BCUT2D eigenvalue weighted by Gasteiger charge is -2.25. The normalized spacial score (nSPS) is 14.5. The second-order valence-corrected chi connectivity index (χ2v) is 10.6. The molecule has 1 fully saturated rings. The Bertz CT molecular complexity index is 1260. The van der Waals surface area contributed by atoms with Gasteiger partial charge in [0.2, 0.25) is 0 Å². The second-order valence-electron chi connectivity index (χ2n) is 8.58. The van der Waals surface area contributed by atoms with E-state index in [1.165, 1.54) is 6.07 Å². The molecule has 1 heterocycles. The molecule has 1 aliphatic heterocycles. The summed E-state index contributed by atoms with van der Waals surface area (Å²) in [6, 6.07) is 21.7. The lowest BCUT2D eigenvalue weighted by Crippen LogP contribution is -2.35. The van der Waals surface area contributed by atoms with Gasteiger partial charge < -0.3 is 14.5 Å². The number of sulfone groups is 1. The zero-order valence-corrected chi connectivity index (χ0v) is 20.4. The van der Waals surface area contributed by atoms with Crippen LogP contribution in [0.4, 0.5) is 5.69 Å². The van der Waals surface area contributed by atoms with Crippen molar-refractivity contribution in [2.24, 2.45) is 0 Å². The Morgan fingerprint density at radius 2 is 1.68 bits per heavy atom. The Labute approximate surface area is 201 Å². The summed E-state index contributed by atoms with van der Waals surface area (Å²) in [5.41, 5.74) is 3.22. The first-order valence-corrected chi connectivity index (χ1v) is 13.1. The number of carbonyl (C=O) groups excluding carboxylic acids is 1. The topological polar surface area (TPSA) is 66.9 Å². The molecule has 1 saturated heterocycles. The molecule has 1 amide bonds. The molecule has 0 spiro atoms. The first-order valence-electron chi connectivity index (χ1n) is 11.4. The second kappa shape index (κ2) is 10.3. The SMILES string of the molecule is COc1ccccc1N1CCCN(C(=O)c2cccc(S(=O)(=O)Cc3ccc(C)cc3)c2)CC1. The Morgan fingerprint density at radius 1 is 0.912 bits per heavy atom. The van der Waals surface area contributed by atoms with Gasteiger partial charge in [-0.1, -0.05) is 48.0 Å². The van der Waals surface area contributed by atoms with Crippen LogP contribution in [0.3, 0.4) is 0 Å². The van der Waals surface area contributed by atoms with E-state index in [9.17, 15) is 13.2 Å². The maximum absolute atomic E-state index is 13.3. The smallest absolute Gasteiger partial charge is 0.253 e. The lowest BCUT2D eigenvalue weighted by atomic mass is 10.2. The summed E-state index contributed by atoms with van der Waals surface area (Å²) < 4.78 is 31.5. The van der Waals surface area contributed by atoms with Gasteiger partial charge in [-0.2, -0.15) is 0 Å². The first-order chi connectivity index (χ1) is 16.4. The number of amides is 1. The van der Waals surface area contributed by atoms with Gasteiger partial charge in [0.25, 0.3) is 5.91 Å². The van der Waals surface area contributed by atoms with Crippen LogP contribution in [-0.4, -0.2) is 52.5 Å². The molecule has 3 aromatic rings. The van der Waals surface area contributed by atoms with Crippen LogP contribution < -0.4 is 9.64 Å². The van der Waals surface area contributed by atoms with Gasteiger partial charge in [0.15, 0.2) is 9.84 Å². The lowest BCUT2D eigenvalue weighted by molar-refractivity contribution is 0.0767. The molecule has 0 radical (unpaired) electrons. The average Bonchev–Trinajstić information content (AvgIpc) is 3.11. The molecule has 0 bridgehead atoms. The molecule has 34 heavy (non-hydrogen) atoms. The summed E-state index contributed by atoms with van der Waals surface area (Å²) in [5.74, 6) is 0.575. The molecule has 1 aliphatic rings. The molecule has 0 saturated carbocycles. The van der Waals surface area contributed by atoms with Crippen LogP contribution in [0.1, 0.15) is 27.9 Å². The highest BCUT2D eigenvalue weighted by Gasteiger charge is 2.23. The maximum atomic E-state index is 13.3. The van der Waals surface area contributed by atoms with Crippen LogP contribution in [-0.2, 0) is 15.6 Å². The van der Waals surface area contributed by atoms with Crippen molar-refractivity contribution in [2.45, 2.75) is 24.0 Å². The summed E-state index contributed by atoms with van der Waals surface area (Å²) in [6.07, 6.45) is 0.815. The first kappa shape index (κ1) is 23.8. The van der Waals surface area contributed by atoms with Gasteiger partial charge in [0, 0.05) is 31.7 Å². The standard InChI is InChI=1S/C27H30N2O4S/c1-21-11-13-22(14-12-21)20-34(31,32)24-8-5-7-23(19-24)27(30)29-16-6-15-28(17-18-29)25-9-3-4-10-26(25)33-2/h3-5,7-14,19H,6,15-18,20H2,1-2H3. The fraction of sp³-hybridized carbons (Fsp3) is 0.296. The molecule has 7 heteroatoms. The van der Waals surface area contributed by atoms with Crippen molar-refractivity contribution in [1.82, 2.24) is 4.90 Å². The van der Waals surface area contributed by atoms with Gasteiger partial charge >= 0.3 is 0 Å². The molecule has 0 aromatic heterocycles. The van der Waals surface area contributed by atoms with E-state index < -0.39 is 9.84 Å². The van der Waals surface area contributed by atoms with Crippen molar-refractivity contribution in [3.05, 3.63) is 89.5 Å². The fourth-order valence-corrected chi connectivity index (χ4v) is 5.64. The van der Waals surface area contributed by atoms with Crippen LogP contribution in [0, 0.1) is 6.92 Å². The minimum atomic E-state index is -3.57. The number of anilines is 1. The number of rotatable bonds is 6. The summed E-state index contributed by atoms with van der Waals surface area (Å²) in [6.45, 7) is 4.63. The monoisotopic (exact) mass is 478 g/mol. The number of nitrogens with zero attached hydrogens (tertiary/aromatic N) is 2. The number of methoxy groups -OCH3 is 1. The Hall–Kier alpha value is -3.32. The average molecular weight is 479 g/mol. The van der Waals surface area contributed by atoms with E-state index in [-0.39, 0.29) is 16.6 Å². The highest BCUT2D eigenvalue weighted by atomic mass is 32.2. The van der Waals surface area contributed by atoms with Gasteiger partial charge in [0.05, 0.1) is 23.4 Å². The molecule has 6 nitrogen and oxygen atoms in total. The Morgan fingerprint density at radius 3 is 2.44 bits per heavy atom. The minimum Gasteiger partial charge on any atom is -0.495 e. The predicted molar refractivity (Wildman–Crippen MR) is 134 cm³/mol. The van der Waals surface area contributed by atoms with E-state index in [4.69, 9.17) is 4.74 Å². The van der Waals surface area contributed by atoms with Gasteiger partial charge in [-0.3, -0.25) is 4.79 Å². The number of para-hydroxylation sites is 2. The Balaban J connectivity index is 1.48. The molecule has 0 aliphatic carbocycles. The van der Waals surface area contributed by atoms with Crippen molar-refractivity contribution >= 4 is 21.4 Å².